The molecule has 2 bridgehead atoms. The first kappa shape index (κ1) is 35.2. The summed E-state index contributed by atoms with van der Waals surface area (Å²) >= 11 is 6.31. The molecule has 2 amide bonds. The lowest BCUT2D eigenvalue weighted by Crippen LogP contribution is -2.49. The quantitative estimate of drug-likeness (QED) is 0.303. The minimum Gasteiger partial charge on any atom is -0.444 e. The summed E-state index contributed by atoms with van der Waals surface area (Å²) in [5, 5.41) is 13.0. The number of rotatable bonds is 8. The second-order valence-corrected chi connectivity index (χ2v) is 16.4. The van der Waals surface area contributed by atoms with Gasteiger partial charge >= 0.3 is 6.09 Å². The molecule has 3 unspecified atom stereocenters. The predicted molar refractivity (Wildman–Crippen MR) is 167 cm³/mol. The van der Waals surface area contributed by atoms with Crippen molar-refractivity contribution >= 4 is 44.9 Å². The van der Waals surface area contributed by atoms with Crippen LogP contribution in [0.1, 0.15) is 82.5 Å². The largest absolute Gasteiger partial charge is 0.444 e. The highest BCUT2D eigenvalue weighted by Crippen LogP contribution is 2.54. The Bertz CT molecular complexity index is 1660. The highest BCUT2D eigenvalue weighted by molar-refractivity contribution is 7.92. The minimum atomic E-state index is -4.11. The highest BCUT2D eigenvalue weighted by atomic mass is 35.5. The van der Waals surface area contributed by atoms with Crippen molar-refractivity contribution < 1.29 is 45.8 Å². The number of fused-ring (bicyclic) bond motifs is 2. The number of nitrogens with one attached hydrogen (secondary N) is 1. The first-order chi connectivity index (χ1) is 21.9. The average molecular weight is 699 g/mol. The molecule has 0 radical (unpaired) electrons. The van der Waals surface area contributed by atoms with Gasteiger partial charge in [-0.1, -0.05) is 11.6 Å². The van der Waals surface area contributed by atoms with Crippen molar-refractivity contribution in [2.24, 2.45) is 11.8 Å². The summed E-state index contributed by atoms with van der Waals surface area (Å²) in [4.78, 5) is 40.0. The summed E-state index contributed by atoms with van der Waals surface area (Å²) in [6.45, 7) is 5.67. The van der Waals surface area contributed by atoms with Crippen LogP contribution < -0.4 is 5.32 Å². The third kappa shape index (κ3) is 7.17. The van der Waals surface area contributed by atoms with Crippen LogP contribution in [-0.4, -0.2) is 65.2 Å². The van der Waals surface area contributed by atoms with E-state index in [1.807, 2.05) is 0 Å². The van der Waals surface area contributed by atoms with Crippen molar-refractivity contribution in [2.45, 2.75) is 99.5 Å². The van der Waals surface area contributed by atoms with Crippen molar-refractivity contribution in [3.63, 3.8) is 0 Å². The molecule has 1 saturated heterocycles. The second-order valence-electron chi connectivity index (χ2n) is 13.8. The van der Waals surface area contributed by atoms with Gasteiger partial charge in [0.05, 0.1) is 26.8 Å². The molecule has 0 spiro atoms. The van der Waals surface area contributed by atoms with Crippen molar-refractivity contribution in [3.05, 3.63) is 58.4 Å². The van der Waals surface area contributed by atoms with Crippen molar-refractivity contribution in [1.82, 2.24) is 4.90 Å². The molecule has 3 fully saturated rings. The van der Waals surface area contributed by atoms with Crippen LogP contribution >= 0.6 is 11.6 Å². The van der Waals surface area contributed by atoms with Gasteiger partial charge in [0.15, 0.2) is 33.1 Å². The summed E-state index contributed by atoms with van der Waals surface area (Å²) in [5.74, 6) is -6.54. The Morgan fingerprint density at radius 1 is 1.04 bits per heavy atom. The molecule has 2 aromatic rings. The van der Waals surface area contributed by atoms with E-state index in [1.165, 1.54) is 17.0 Å². The highest BCUT2D eigenvalue weighted by Gasteiger charge is 2.55. The number of anilines is 1. The number of ether oxygens (including phenoxy) is 1. The van der Waals surface area contributed by atoms with Crippen molar-refractivity contribution in [1.29, 1.82) is 0 Å². The van der Waals surface area contributed by atoms with Crippen LogP contribution in [0.2, 0.25) is 5.02 Å². The first-order valence-corrected chi connectivity index (χ1v) is 17.6. The van der Waals surface area contributed by atoms with Gasteiger partial charge in [-0.15, -0.1) is 0 Å². The number of hydrogen-bond acceptors (Lipinski definition) is 7. The Labute approximate surface area is 276 Å². The van der Waals surface area contributed by atoms with E-state index in [9.17, 15) is 41.1 Å². The van der Waals surface area contributed by atoms with E-state index >= 15 is 0 Å². The monoisotopic (exact) mass is 698 g/mol. The normalized spacial score (nSPS) is 25.9. The number of carbonyl (C=O) groups is 3. The number of nitrogens with zero attached hydrogens (tertiary/aromatic N) is 1. The van der Waals surface area contributed by atoms with Crippen molar-refractivity contribution in [2.75, 3.05) is 11.9 Å². The minimum absolute atomic E-state index is 0.0374. The van der Waals surface area contributed by atoms with Crippen LogP contribution in [0.5, 0.6) is 0 Å². The molecule has 14 heteroatoms. The van der Waals surface area contributed by atoms with Gasteiger partial charge in [-0.2, -0.15) is 0 Å². The molecule has 1 heterocycles. The zero-order valence-electron chi connectivity index (χ0n) is 26.3. The number of hydrogen-bond donors (Lipinski definition) is 2. The number of aliphatic hydroxyl groups is 1. The topological polar surface area (TPSA) is 130 Å². The van der Waals surface area contributed by atoms with E-state index in [0.29, 0.717) is 44.4 Å². The zero-order chi connectivity index (χ0) is 34.5. The summed E-state index contributed by atoms with van der Waals surface area (Å²) in [7, 11) is -4.11. The number of ketones is 1. The third-order valence-corrected chi connectivity index (χ3v) is 12.2. The van der Waals surface area contributed by atoms with Crippen LogP contribution in [0.25, 0.3) is 0 Å². The first-order valence-electron chi connectivity index (χ1n) is 15.6. The summed E-state index contributed by atoms with van der Waals surface area (Å²) < 4.78 is 73.8. The Morgan fingerprint density at radius 3 is 2.26 bits per heavy atom. The van der Waals surface area contributed by atoms with Crippen molar-refractivity contribution in [3.8, 4) is 0 Å². The van der Waals surface area contributed by atoms with E-state index in [1.54, 1.807) is 20.8 Å². The number of carbonyl (C=O) groups excluding carboxylic acids is 3. The Morgan fingerprint density at radius 2 is 1.66 bits per heavy atom. The molecule has 0 aromatic heterocycles. The van der Waals surface area contributed by atoms with Gasteiger partial charge in [0, 0.05) is 36.3 Å². The van der Waals surface area contributed by atoms with Gasteiger partial charge in [-0.25, -0.2) is 26.4 Å². The van der Waals surface area contributed by atoms with Gasteiger partial charge in [0.25, 0.3) is 5.91 Å². The smallest absolute Gasteiger partial charge is 0.410 e. The van der Waals surface area contributed by atoms with Gasteiger partial charge in [0.2, 0.25) is 0 Å². The number of halogens is 4. The Hall–Kier alpha value is -3.16. The second kappa shape index (κ2) is 13.0. The predicted octanol–water partition coefficient (Wildman–Crippen LogP) is 6.45. The molecule has 47 heavy (non-hydrogen) atoms. The molecule has 2 aliphatic carbocycles. The number of Topliss-reactive ketones (excluding diaryl/α,β-unsaturated/α-hetero) is 1. The fraction of sp³-hybridized carbons (Fsp3) is 0.545. The molecule has 5 rings (SSSR count). The molecular weight excluding hydrogens is 661 g/mol. The lowest BCUT2D eigenvalue weighted by atomic mass is 9.71. The van der Waals surface area contributed by atoms with Crippen LogP contribution in [-0.2, 0) is 19.4 Å². The number of likely N-dealkylation sites (tertiary alicyclic amines) is 1. The fourth-order valence-electron chi connectivity index (χ4n) is 7.28. The molecule has 1 aliphatic heterocycles. The van der Waals surface area contributed by atoms with Gasteiger partial charge in [-0.3, -0.25) is 14.5 Å². The van der Waals surface area contributed by atoms with E-state index in [-0.39, 0.29) is 52.6 Å². The van der Waals surface area contributed by atoms with Crippen LogP contribution in [0.4, 0.5) is 23.7 Å². The number of benzene rings is 2. The molecule has 2 aromatic carbocycles. The van der Waals surface area contributed by atoms with E-state index in [0.717, 1.165) is 6.07 Å². The molecule has 9 nitrogen and oxygen atoms in total. The molecular formula is C33H38ClF3N2O7S. The standard InChI is InChI=1S/C33H38ClF3N2O7S/c1-32(2,3)46-31(42)39-12-4-5-26(39)27(40)10-11-33(43)19-7-8-20(33)15-22(14-19)47(44,45)28-13-18(6-9-23(28)34)30(41)38-21-16-24(35)29(37)25(36)17-21/h6,9,13,16-17,19-20,22,26,43H,4-5,7-8,10-12,14-15H2,1-3H3,(H,38,41)/t19-,20?,22?,26-,33?/m0/s1. The maximum Gasteiger partial charge on any atom is 0.410 e. The van der Waals surface area contributed by atoms with Crippen LogP contribution in [0.3, 0.4) is 0 Å². The van der Waals surface area contributed by atoms with Gasteiger partial charge in [0.1, 0.15) is 5.60 Å². The van der Waals surface area contributed by atoms with Gasteiger partial charge < -0.3 is 15.2 Å². The zero-order valence-corrected chi connectivity index (χ0v) is 27.9. The molecule has 5 atom stereocenters. The van der Waals surface area contributed by atoms with E-state index in [2.05, 4.69) is 5.32 Å². The summed E-state index contributed by atoms with van der Waals surface area (Å²) in [6.07, 6.45) is 2.22. The lowest BCUT2D eigenvalue weighted by Gasteiger charge is -2.43. The lowest BCUT2D eigenvalue weighted by molar-refractivity contribution is -0.126. The molecule has 3 aliphatic rings. The van der Waals surface area contributed by atoms with Gasteiger partial charge in [-0.05, 0) is 95.8 Å². The third-order valence-electron chi connectivity index (χ3n) is 9.58. The van der Waals surface area contributed by atoms with E-state index in [4.69, 9.17) is 16.3 Å². The maximum absolute atomic E-state index is 13.9. The fourth-order valence-corrected chi connectivity index (χ4v) is 9.68. The van der Waals surface area contributed by atoms with E-state index < -0.39 is 73.6 Å². The Balaban J connectivity index is 1.26. The molecule has 2 N–H and O–H groups in total. The number of sulfone groups is 1. The Kier molecular flexibility index (Phi) is 9.75. The SMILES string of the molecule is CC(C)(C)OC(=O)N1CCC[C@H]1C(=O)CCC1(O)C2CC[C@H]1CC(S(=O)(=O)c1cc(C(=O)Nc3cc(F)c(F)c(F)c3)ccc1Cl)C2. The maximum atomic E-state index is 13.9. The van der Waals surface area contributed by atoms with Crippen LogP contribution in [0, 0.1) is 29.3 Å². The average Bonchev–Trinajstić information content (AvgIpc) is 3.51. The molecule has 256 valence electrons. The number of amides is 2. The van der Waals surface area contributed by atoms with Crippen LogP contribution in [0.15, 0.2) is 35.2 Å². The summed E-state index contributed by atoms with van der Waals surface area (Å²) in [5.41, 5.74) is -2.47. The molecule has 2 saturated carbocycles. The summed E-state index contributed by atoms with van der Waals surface area (Å²) in [6, 6.07) is 4.14.